The molecule has 2 N–H and O–H groups in total. The maximum atomic E-state index is 12.4. The molecule has 0 spiro atoms. The topological polar surface area (TPSA) is 79.9 Å². The number of nitrogens with zero attached hydrogens (tertiary/aromatic N) is 2. The number of ether oxygens (including phenoxy) is 1. The number of benzene rings is 2. The molecular formula is C25H20N4O2. The van der Waals surface area contributed by atoms with Crippen molar-refractivity contribution in [2.45, 2.75) is 12.6 Å². The summed E-state index contributed by atoms with van der Waals surface area (Å²) < 4.78 is 6.00. The van der Waals surface area contributed by atoms with Crippen LogP contribution in [0, 0.1) is 0 Å². The first-order valence-corrected chi connectivity index (χ1v) is 9.96. The van der Waals surface area contributed by atoms with E-state index in [1.54, 1.807) is 12.4 Å². The van der Waals surface area contributed by atoms with E-state index < -0.39 is 0 Å². The largest absolute Gasteiger partial charge is 0.489 e. The first kappa shape index (κ1) is 18.8. The van der Waals surface area contributed by atoms with Crippen LogP contribution in [-0.4, -0.2) is 21.1 Å². The van der Waals surface area contributed by atoms with Gasteiger partial charge in [-0.05, 0) is 34.9 Å². The second-order valence-electron chi connectivity index (χ2n) is 7.32. The zero-order chi connectivity index (χ0) is 21.2. The minimum absolute atomic E-state index is 0.169. The Bertz CT molecular complexity index is 1250. The molecule has 0 radical (unpaired) electrons. The maximum absolute atomic E-state index is 12.4. The highest BCUT2D eigenvalue weighted by Crippen LogP contribution is 2.37. The molecular weight excluding hydrogens is 388 g/mol. The van der Waals surface area contributed by atoms with E-state index in [0.717, 1.165) is 39.3 Å². The van der Waals surface area contributed by atoms with Gasteiger partial charge in [0.2, 0.25) is 0 Å². The molecule has 0 saturated carbocycles. The molecule has 3 heterocycles. The van der Waals surface area contributed by atoms with Crippen LogP contribution in [0.3, 0.4) is 0 Å². The number of nitrogens with one attached hydrogen (secondary N) is 2. The average Bonchev–Trinajstić information content (AvgIpc) is 3.40. The summed E-state index contributed by atoms with van der Waals surface area (Å²) in [5.74, 6) is 0.565. The minimum atomic E-state index is -0.294. The van der Waals surface area contributed by atoms with Crippen molar-refractivity contribution in [1.29, 1.82) is 0 Å². The molecule has 0 fully saturated rings. The molecule has 1 amide bonds. The summed E-state index contributed by atoms with van der Waals surface area (Å²) in [6, 6.07) is 19.3. The van der Waals surface area contributed by atoms with E-state index >= 15 is 0 Å². The molecule has 0 saturated heterocycles. The summed E-state index contributed by atoms with van der Waals surface area (Å²) in [5, 5.41) is 10.3. The van der Waals surface area contributed by atoms with E-state index in [9.17, 15) is 4.79 Å². The Labute approximate surface area is 179 Å². The number of hydrogen-bond acceptors (Lipinski definition) is 4. The summed E-state index contributed by atoms with van der Waals surface area (Å²) >= 11 is 0. The number of pyridine rings is 1. The summed E-state index contributed by atoms with van der Waals surface area (Å²) in [5.41, 5.74) is 5.97. The molecule has 1 aliphatic rings. The van der Waals surface area contributed by atoms with Crippen molar-refractivity contribution >= 4 is 12.0 Å². The Morgan fingerprint density at radius 1 is 1.10 bits per heavy atom. The van der Waals surface area contributed by atoms with Crippen LogP contribution in [0.2, 0.25) is 0 Å². The van der Waals surface area contributed by atoms with Crippen LogP contribution >= 0.6 is 0 Å². The average molecular weight is 408 g/mol. The fourth-order valence-electron chi connectivity index (χ4n) is 3.75. The Balaban J connectivity index is 1.42. The normalized spacial score (nSPS) is 14.7. The van der Waals surface area contributed by atoms with Gasteiger partial charge in [-0.25, -0.2) is 0 Å². The van der Waals surface area contributed by atoms with E-state index in [2.05, 4.69) is 27.1 Å². The van der Waals surface area contributed by atoms with Crippen LogP contribution in [0.15, 0.2) is 79.6 Å². The van der Waals surface area contributed by atoms with Gasteiger partial charge in [0, 0.05) is 23.5 Å². The Morgan fingerprint density at radius 3 is 2.74 bits per heavy atom. The fraction of sp³-hybridized carbons (Fsp3) is 0.0800. The van der Waals surface area contributed by atoms with E-state index in [-0.39, 0.29) is 11.9 Å². The van der Waals surface area contributed by atoms with Crippen molar-refractivity contribution in [3.05, 3.63) is 108 Å². The van der Waals surface area contributed by atoms with E-state index in [1.807, 2.05) is 66.7 Å². The lowest BCUT2D eigenvalue weighted by Gasteiger charge is -2.13. The molecule has 2 aromatic heterocycles. The van der Waals surface area contributed by atoms with Gasteiger partial charge in [-0.2, -0.15) is 5.10 Å². The predicted octanol–water partition coefficient (Wildman–Crippen LogP) is 4.53. The number of carbonyl (C=O) groups is 1. The Hall–Kier alpha value is -4.19. The molecule has 0 aliphatic carbocycles. The van der Waals surface area contributed by atoms with Crippen LogP contribution < -0.4 is 10.1 Å². The highest BCUT2D eigenvalue weighted by atomic mass is 16.5. The van der Waals surface area contributed by atoms with Gasteiger partial charge < -0.3 is 10.1 Å². The molecule has 2 aromatic carbocycles. The number of aromatic nitrogens is 3. The van der Waals surface area contributed by atoms with Crippen LogP contribution in [0.5, 0.6) is 5.75 Å². The van der Waals surface area contributed by atoms with Crippen molar-refractivity contribution in [2.75, 3.05) is 0 Å². The van der Waals surface area contributed by atoms with E-state index in [0.29, 0.717) is 12.3 Å². The summed E-state index contributed by atoms with van der Waals surface area (Å²) in [7, 11) is 0. The smallest absolute Gasteiger partial charge is 0.270 e. The van der Waals surface area contributed by atoms with Crippen molar-refractivity contribution in [2.24, 2.45) is 0 Å². The molecule has 1 unspecified atom stereocenters. The first-order chi connectivity index (χ1) is 15.2. The molecule has 1 aliphatic heterocycles. The highest BCUT2D eigenvalue weighted by molar-refractivity contribution is 6.00. The molecule has 5 rings (SSSR count). The Kier molecular flexibility index (Phi) is 4.80. The zero-order valence-electron chi connectivity index (χ0n) is 16.7. The second-order valence-corrected chi connectivity index (χ2v) is 7.32. The fourth-order valence-corrected chi connectivity index (χ4v) is 3.75. The lowest BCUT2D eigenvalue weighted by atomic mass is 9.98. The van der Waals surface area contributed by atoms with Gasteiger partial charge in [-0.3, -0.25) is 14.9 Å². The number of hydrogen-bond donors (Lipinski definition) is 2. The lowest BCUT2D eigenvalue weighted by Crippen LogP contribution is -2.21. The van der Waals surface area contributed by atoms with Crippen LogP contribution in [0.1, 0.15) is 38.8 Å². The molecule has 6 nitrogen and oxygen atoms in total. The zero-order valence-corrected chi connectivity index (χ0v) is 16.7. The number of rotatable bonds is 6. The maximum Gasteiger partial charge on any atom is 0.270 e. The van der Waals surface area contributed by atoms with Gasteiger partial charge in [-0.1, -0.05) is 55.1 Å². The van der Waals surface area contributed by atoms with E-state index in [1.165, 1.54) is 0 Å². The Morgan fingerprint density at radius 2 is 1.97 bits per heavy atom. The van der Waals surface area contributed by atoms with Crippen LogP contribution in [0.25, 0.3) is 17.3 Å². The summed E-state index contributed by atoms with van der Waals surface area (Å²) in [4.78, 5) is 16.6. The summed E-state index contributed by atoms with van der Waals surface area (Å²) in [6.45, 7) is 4.23. The molecule has 4 aromatic rings. The third kappa shape index (κ3) is 3.59. The van der Waals surface area contributed by atoms with Crippen molar-refractivity contribution < 1.29 is 9.53 Å². The van der Waals surface area contributed by atoms with Gasteiger partial charge >= 0.3 is 0 Å². The standard InChI is InChI=1S/C25H20N4O2/c1-2-16-8-10-17(11-9-16)15-31-20-7-3-5-18(13-20)23-21-22(19-6-4-12-26-14-19)27-25(30)24(21)29-28-23/h2-14,22H,1,15H2,(H,27,30)(H,28,29). The number of H-pyrrole nitrogens is 1. The van der Waals surface area contributed by atoms with Gasteiger partial charge in [0.1, 0.15) is 18.1 Å². The van der Waals surface area contributed by atoms with Gasteiger partial charge in [-0.15, -0.1) is 0 Å². The summed E-state index contributed by atoms with van der Waals surface area (Å²) in [6.07, 6.45) is 5.28. The number of fused-ring (bicyclic) bond motifs is 1. The highest BCUT2D eigenvalue weighted by Gasteiger charge is 2.35. The van der Waals surface area contributed by atoms with Crippen LogP contribution in [-0.2, 0) is 6.61 Å². The van der Waals surface area contributed by atoms with Gasteiger partial charge in [0.05, 0.1) is 11.7 Å². The molecule has 6 heteroatoms. The number of carbonyl (C=O) groups excluding carboxylic acids is 1. The van der Waals surface area contributed by atoms with Crippen molar-refractivity contribution in [3.8, 4) is 17.0 Å². The third-order valence-electron chi connectivity index (χ3n) is 5.34. The predicted molar refractivity (Wildman–Crippen MR) is 118 cm³/mol. The number of aromatic amines is 1. The molecule has 31 heavy (non-hydrogen) atoms. The minimum Gasteiger partial charge on any atom is -0.489 e. The third-order valence-corrected chi connectivity index (χ3v) is 5.34. The lowest BCUT2D eigenvalue weighted by molar-refractivity contribution is 0.0955. The van der Waals surface area contributed by atoms with Crippen molar-refractivity contribution in [3.63, 3.8) is 0 Å². The first-order valence-electron chi connectivity index (χ1n) is 9.96. The molecule has 152 valence electrons. The van der Waals surface area contributed by atoms with E-state index in [4.69, 9.17) is 4.74 Å². The molecule has 0 bridgehead atoms. The monoisotopic (exact) mass is 408 g/mol. The SMILES string of the molecule is C=Cc1ccc(COc2cccc(-c3n[nH]c4c3C(c3cccnc3)NC4=O)c2)cc1. The number of amides is 1. The van der Waals surface area contributed by atoms with Gasteiger partial charge in [0.25, 0.3) is 5.91 Å². The quantitative estimate of drug-likeness (QED) is 0.491. The van der Waals surface area contributed by atoms with Gasteiger partial charge in [0.15, 0.2) is 0 Å². The second kappa shape index (κ2) is 7.91. The van der Waals surface area contributed by atoms with Crippen LogP contribution in [0.4, 0.5) is 0 Å². The van der Waals surface area contributed by atoms with Crippen molar-refractivity contribution in [1.82, 2.24) is 20.5 Å². The molecule has 1 atom stereocenters.